The summed E-state index contributed by atoms with van der Waals surface area (Å²) in [7, 11) is -8.30. The molecule has 0 N–H and O–H groups in total. The standard InChI is InChI=1S/C52H88N8O12Si4/c1-29(2)73(30(3)4)57-37(17)42(45(53-57)49(61)65-21)26-70-75(33(9)10,34(11)12)59-39(19)44(47(55-59)51(63)67-23)28-72-76(35(13)14,36(15)16)60-40(20)43(48(56-60)52(64)68-24)27-71-74(31(5)6,32(7)8)58-38(18)41(25-69-73)46(54-58)50(62)66-22/h29-36H,25-28H2,1-24H3. The molecule has 0 saturated heterocycles. The maximum Gasteiger partial charge on any atom is 0.358 e. The zero-order chi connectivity index (χ0) is 57.5. The average molecular weight is 1130 g/mol. The van der Waals surface area contributed by atoms with Crippen molar-refractivity contribution in [3.05, 3.63) is 67.8 Å². The van der Waals surface area contributed by atoms with Crippen LogP contribution in [-0.2, 0) is 63.1 Å². The Morgan fingerprint density at radius 3 is 0.605 bits per heavy atom. The Kier molecular flexibility index (Phi) is 19.5. The molecular weight excluding hydrogens is 1040 g/mol. The second-order valence-electron chi connectivity index (χ2n) is 22.7. The summed E-state index contributed by atoms with van der Waals surface area (Å²) in [6.45, 7) is 41.0. The molecule has 8 bridgehead atoms. The van der Waals surface area contributed by atoms with Gasteiger partial charge in [0.2, 0.25) is 0 Å². The fraction of sp³-hybridized carbons (Fsp3) is 0.692. The second kappa shape index (κ2) is 23.8. The van der Waals surface area contributed by atoms with E-state index in [4.69, 9.17) is 57.0 Å². The number of aromatic nitrogens is 8. The van der Waals surface area contributed by atoms with Gasteiger partial charge in [0.25, 0.3) is 0 Å². The molecule has 424 valence electrons. The fourth-order valence-corrected chi connectivity index (χ4v) is 29.8. The number of esters is 4. The minimum atomic E-state index is -3.41. The van der Waals surface area contributed by atoms with Gasteiger partial charge in [-0.15, -0.1) is 0 Å². The third-order valence-electron chi connectivity index (χ3n) is 16.2. The van der Waals surface area contributed by atoms with Crippen LogP contribution in [0.4, 0.5) is 0 Å². The van der Waals surface area contributed by atoms with Crippen LogP contribution in [0.1, 0.15) is 198 Å². The van der Waals surface area contributed by atoms with Crippen molar-refractivity contribution in [2.75, 3.05) is 28.4 Å². The highest BCUT2D eigenvalue weighted by Gasteiger charge is 2.54. The van der Waals surface area contributed by atoms with E-state index in [-0.39, 0.29) is 93.5 Å². The Morgan fingerprint density at radius 1 is 0.342 bits per heavy atom. The number of nitrogens with zero attached hydrogens (tertiary/aromatic N) is 8. The lowest BCUT2D eigenvalue weighted by molar-refractivity contribution is 0.0580. The van der Waals surface area contributed by atoms with E-state index in [9.17, 15) is 19.2 Å². The van der Waals surface area contributed by atoms with Crippen molar-refractivity contribution in [1.82, 2.24) is 37.8 Å². The Morgan fingerprint density at radius 2 is 0.487 bits per heavy atom. The van der Waals surface area contributed by atoms with Gasteiger partial charge in [-0.05, 0) is 72.0 Å². The van der Waals surface area contributed by atoms with Gasteiger partial charge in [-0.25, -0.2) is 19.2 Å². The SMILES string of the molecule is COC(=O)c1nn2c(C)c1CO[Si](C(C)C)(C(C)C)n1nc(C(=O)OC)c(c1C)CO[Si](C(C)C)(C(C)C)n1nc(C(=O)OC)c(c1C)CO[Si](C(C)C)(C(C)C)n1nc(C(=O)OC)c(c1C)CO[Si]2(C(C)C)C(C)C. The van der Waals surface area contributed by atoms with Crippen LogP contribution in [0, 0.1) is 27.7 Å². The lowest BCUT2D eigenvalue weighted by Crippen LogP contribution is -2.54. The van der Waals surface area contributed by atoms with Crippen LogP contribution in [0.15, 0.2) is 0 Å². The number of fused-ring (bicyclic) bond motifs is 8. The quantitative estimate of drug-likeness (QED) is 0.0733. The van der Waals surface area contributed by atoms with Crippen molar-refractivity contribution in [2.45, 2.75) is 209 Å². The second-order valence-corrected chi connectivity index (χ2v) is 40.8. The van der Waals surface area contributed by atoms with E-state index in [1.54, 1.807) is 0 Å². The van der Waals surface area contributed by atoms with Crippen LogP contribution < -0.4 is 0 Å². The molecule has 0 atom stereocenters. The maximum absolute atomic E-state index is 14.0. The normalized spacial score (nSPS) is 17.1. The molecule has 20 nitrogen and oxygen atoms in total. The van der Waals surface area contributed by atoms with E-state index in [2.05, 4.69) is 111 Å². The zero-order valence-corrected chi connectivity index (χ0v) is 53.9. The summed E-state index contributed by atoms with van der Waals surface area (Å²) < 4.78 is 59.1. The number of methoxy groups -OCH3 is 4. The molecule has 0 spiro atoms. The van der Waals surface area contributed by atoms with Crippen molar-refractivity contribution in [2.24, 2.45) is 0 Å². The van der Waals surface area contributed by atoms with E-state index in [1.165, 1.54) is 28.4 Å². The molecule has 0 saturated carbocycles. The van der Waals surface area contributed by atoms with Crippen LogP contribution >= 0.6 is 0 Å². The van der Waals surface area contributed by atoms with Crippen molar-refractivity contribution >= 4 is 57.8 Å². The lowest BCUT2D eigenvalue weighted by Gasteiger charge is -2.40. The predicted octanol–water partition coefficient (Wildman–Crippen LogP) is 10.5. The first-order valence-corrected chi connectivity index (χ1v) is 34.7. The molecule has 0 fully saturated rings. The molecule has 1 aliphatic rings. The number of carbonyl (C=O) groups is 4. The molecule has 0 unspecified atom stereocenters. The average Bonchev–Trinajstić information content (AvgIpc) is 4.08. The van der Waals surface area contributed by atoms with Crippen molar-refractivity contribution < 1.29 is 55.8 Å². The molecule has 5 rings (SSSR count). The maximum atomic E-state index is 14.0. The molecule has 4 aromatic rings. The van der Waals surface area contributed by atoms with Crippen LogP contribution in [-0.4, -0.2) is 124 Å². The van der Waals surface area contributed by atoms with Gasteiger partial charge in [0.15, 0.2) is 22.8 Å². The van der Waals surface area contributed by atoms with Gasteiger partial charge in [-0.3, -0.25) is 17.4 Å². The van der Waals surface area contributed by atoms with Gasteiger partial charge in [0.1, 0.15) is 0 Å². The van der Waals surface area contributed by atoms with Gasteiger partial charge in [0, 0.05) is 45.0 Å². The van der Waals surface area contributed by atoms with Gasteiger partial charge in [-0.1, -0.05) is 111 Å². The van der Waals surface area contributed by atoms with Crippen LogP contribution in [0.5, 0.6) is 0 Å². The first-order chi connectivity index (χ1) is 35.4. The van der Waals surface area contributed by atoms with Crippen molar-refractivity contribution in [3.63, 3.8) is 0 Å². The first kappa shape index (κ1) is 62.3. The minimum Gasteiger partial charge on any atom is -0.464 e. The molecule has 0 aromatic carbocycles. The number of hydrogen-bond acceptors (Lipinski definition) is 16. The molecule has 0 amide bonds. The molecule has 0 aliphatic carbocycles. The largest absolute Gasteiger partial charge is 0.464 e. The van der Waals surface area contributed by atoms with Gasteiger partial charge >= 0.3 is 57.8 Å². The summed E-state index contributed by atoms with van der Waals surface area (Å²) in [5.41, 5.74) is 4.19. The highest BCUT2D eigenvalue weighted by Crippen LogP contribution is 2.44. The summed E-state index contributed by atoms with van der Waals surface area (Å²) in [6, 6.07) is 0. The number of ether oxygens (including phenoxy) is 4. The highest BCUT2D eigenvalue weighted by molar-refractivity contribution is 6.76. The Hall–Kier alpha value is -4.57. The van der Waals surface area contributed by atoms with E-state index in [0.717, 1.165) is 0 Å². The molecule has 0 radical (unpaired) electrons. The molecule has 4 aromatic heterocycles. The van der Waals surface area contributed by atoms with Crippen LogP contribution in [0.2, 0.25) is 44.3 Å². The first-order valence-electron chi connectivity index (χ1n) is 26.7. The van der Waals surface area contributed by atoms with Gasteiger partial charge in [0.05, 0.1) is 54.9 Å². The lowest BCUT2D eigenvalue weighted by atomic mass is 10.2. The Balaban J connectivity index is 1.99. The topological polar surface area (TPSA) is 213 Å². The van der Waals surface area contributed by atoms with E-state index in [1.807, 2.05) is 45.1 Å². The van der Waals surface area contributed by atoms with Crippen molar-refractivity contribution in [3.8, 4) is 0 Å². The molecule has 5 heterocycles. The summed E-state index contributed by atoms with van der Waals surface area (Å²) in [5.74, 6) is -2.53. The number of hydrogen-bond donors (Lipinski definition) is 0. The third-order valence-corrected chi connectivity index (χ3v) is 36.3. The monoisotopic (exact) mass is 1130 g/mol. The summed E-state index contributed by atoms with van der Waals surface area (Å²) >= 11 is 0. The molecular formula is C52H88N8O12Si4. The molecule has 1 aliphatic heterocycles. The highest BCUT2D eigenvalue weighted by atomic mass is 28.4. The zero-order valence-electron chi connectivity index (χ0n) is 49.9. The van der Waals surface area contributed by atoms with Crippen molar-refractivity contribution in [1.29, 1.82) is 0 Å². The summed E-state index contributed by atoms with van der Waals surface area (Å²) in [5, 5.41) is 20.5. The minimum absolute atomic E-state index is 0.0478. The van der Waals surface area contributed by atoms with E-state index >= 15 is 0 Å². The van der Waals surface area contributed by atoms with E-state index in [0.29, 0.717) is 45.0 Å². The predicted molar refractivity (Wildman–Crippen MR) is 298 cm³/mol. The number of carbonyl (C=O) groups excluding carboxylic acids is 4. The summed E-state index contributed by atoms with van der Waals surface area (Å²) in [4.78, 5) is 56.1. The van der Waals surface area contributed by atoms with Gasteiger partial charge < -0.3 is 36.7 Å². The van der Waals surface area contributed by atoms with Gasteiger partial charge in [-0.2, -0.15) is 20.4 Å². The van der Waals surface area contributed by atoms with Crippen LogP contribution in [0.25, 0.3) is 0 Å². The van der Waals surface area contributed by atoms with E-state index < -0.39 is 57.8 Å². The third kappa shape index (κ3) is 10.1. The smallest absolute Gasteiger partial charge is 0.358 e. The summed E-state index contributed by atoms with van der Waals surface area (Å²) in [6.07, 6.45) is 0. The Bertz CT molecular complexity index is 2370. The van der Waals surface area contributed by atoms with Crippen LogP contribution in [0.3, 0.4) is 0 Å². The number of rotatable bonds is 12. The fourth-order valence-electron chi connectivity index (χ4n) is 12.2. The Labute approximate surface area is 455 Å². The molecule has 24 heteroatoms. The molecule has 76 heavy (non-hydrogen) atoms.